The summed E-state index contributed by atoms with van der Waals surface area (Å²) in [5, 5.41) is 3.48. The van der Waals surface area contributed by atoms with Gasteiger partial charge in [-0.1, -0.05) is 29.8 Å². The van der Waals surface area contributed by atoms with Crippen molar-refractivity contribution in [2.45, 2.75) is 51.2 Å². The zero-order chi connectivity index (χ0) is 13.2. The van der Waals surface area contributed by atoms with Crippen molar-refractivity contribution >= 4 is 5.91 Å². The van der Waals surface area contributed by atoms with Gasteiger partial charge in [-0.25, -0.2) is 0 Å². The molecule has 0 spiro atoms. The van der Waals surface area contributed by atoms with Crippen molar-refractivity contribution in [2.24, 2.45) is 0 Å². The molecule has 1 aromatic carbocycles. The minimum atomic E-state index is 0.0612. The molecule has 1 atom stereocenters. The highest BCUT2D eigenvalue weighted by molar-refractivity contribution is 5.82. The molecule has 1 N–H and O–H groups in total. The molecule has 3 rings (SSSR count). The molecule has 1 amide bonds. The molecule has 1 aliphatic carbocycles. The van der Waals surface area contributed by atoms with Crippen LogP contribution in [0.2, 0.25) is 0 Å². The fourth-order valence-corrected chi connectivity index (χ4v) is 2.82. The Labute approximate surface area is 115 Å². The predicted molar refractivity (Wildman–Crippen MR) is 75.8 cm³/mol. The highest BCUT2D eigenvalue weighted by atomic mass is 16.2. The lowest BCUT2D eigenvalue weighted by Gasteiger charge is -2.33. The number of hydrogen-bond acceptors (Lipinski definition) is 2. The van der Waals surface area contributed by atoms with E-state index in [0.717, 1.165) is 25.9 Å². The molecule has 3 nitrogen and oxygen atoms in total. The van der Waals surface area contributed by atoms with E-state index in [1.54, 1.807) is 0 Å². The lowest BCUT2D eigenvalue weighted by atomic mass is 10.0. The van der Waals surface area contributed by atoms with E-state index < -0.39 is 0 Å². The molecule has 1 aliphatic heterocycles. The minimum absolute atomic E-state index is 0.0612. The topological polar surface area (TPSA) is 32.3 Å². The minimum Gasteiger partial charge on any atom is -0.337 e. The van der Waals surface area contributed by atoms with Gasteiger partial charge in [0.2, 0.25) is 5.91 Å². The second-order valence-corrected chi connectivity index (χ2v) is 5.88. The maximum atomic E-state index is 12.4. The molecule has 0 bridgehead atoms. The summed E-state index contributed by atoms with van der Waals surface area (Å²) in [5.41, 5.74) is 2.50. The van der Waals surface area contributed by atoms with Gasteiger partial charge in [0.1, 0.15) is 0 Å². The number of aryl methyl sites for hydroxylation is 1. The summed E-state index contributed by atoms with van der Waals surface area (Å²) in [6.45, 7) is 3.75. The third-order valence-electron chi connectivity index (χ3n) is 4.00. The maximum Gasteiger partial charge on any atom is 0.240 e. The normalized spacial score (nSPS) is 23.7. The zero-order valence-electron chi connectivity index (χ0n) is 11.6. The fourth-order valence-electron chi connectivity index (χ4n) is 2.82. The lowest BCUT2D eigenvalue weighted by molar-refractivity contribution is -0.136. The van der Waals surface area contributed by atoms with Crippen LogP contribution in [0.15, 0.2) is 24.3 Å². The van der Waals surface area contributed by atoms with Crippen LogP contribution < -0.4 is 5.32 Å². The summed E-state index contributed by atoms with van der Waals surface area (Å²) in [6, 6.07) is 9.11. The Hall–Kier alpha value is -1.35. The van der Waals surface area contributed by atoms with E-state index in [9.17, 15) is 4.79 Å². The number of likely N-dealkylation sites (tertiary alicyclic amines) is 1. The standard InChI is InChI=1S/C16H22N2O/c1-12-4-2-5-13(10-12)11-18-9-3-6-15(16(18)19)17-14-7-8-14/h2,4-5,10,14-15,17H,3,6-9,11H2,1H3. The third kappa shape index (κ3) is 3.16. The molecular weight excluding hydrogens is 236 g/mol. The summed E-state index contributed by atoms with van der Waals surface area (Å²) < 4.78 is 0. The summed E-state index contributed by atoms with van der Waals surface area (Å²) in [7, 11) is 0. The van der Waals surface area contributed by atoms with Crippen LogP contribution in [-0.2, 0) is 11.3 Å². The Kier molecular flexibility index (Phi) is 3.56. The fraction of sp³-hybridized carbons (Fsp3) is 0.562. The van der Waals surface area contributed by atoms with Crippen molar-refractivity contribution < 1.29 is 4.79 Å². The number of hydrogen-bond donors (Lipinski definition) is 1. The number of amides is 1. The number of piperidine rings is 1. The Bertz CT molecular complexity index is 468. The Morgan fingerprint density at radius 2 is 2.16 bits per heavy atom. The van der Waals surface area contributed by atoms with Crippen LogP contribution in [-0.4, -0.2) is 29.4 Å². The molecule has 0 aromatic heterocycles. The van der Waals surface area contributed by atoms with Crippen molar-refractivity contribution in [1.29, 1.82) is 0 Å². The Morgan fingerprint density at radius 3 is 2.89 bits per heavy atom. The van der Waals surface area contributed by atoms with E-state index in [-0.39, 0.29) is 6.04 Å². The molecule has 1 aromatic rings. The quantitative estimate of drug-likeness (QED) is 0.898. The summed E-state index contributed by atoms with van der Waals surface area (Å²) >= 11 is 0. The van der Waals surface area contributed by atoms with Gasteiger partial charge in [-0.3, -0.25) is 4.79 Å². The highest BCUT2D eigenvalue weighted by Gasteiger charge is 2.33. The first-order chi connectivity index (χ1) is 9.22. The predicted octanol–water partition coefficient (Wildman–Crippen LogP) is 2.24. The molecule has 0 radical (unpaired) electrons. The van der Waals surface area contributed by atoms with Crippen LogP contribution in [0, 0.1) is 6.92 Å². The number of benzene rings is 1. The average Bonchev–Trinajstić information content (AvgIpc) is 3.18. The van der Waals surface area contributed by atoms with Gasteiger partial charge in [-0.05, 0) is 38.2 Å². The van der Waals surface area contributed by atoms with Crippen LogP contribution >= 0.6 is 0 Å². The van der Waals surface area contributed by atoms with E-state index in [0.29, 0.717) is 11.9 Å². The SMILES string of the molecule is Cc1cccc(CN2CCCC(NC3CC3)C2=O)c1. The third-order valence-corrected chi connectivity index (χ3v) is 4.00. The van der Waals surface area contributed by atoms with Crippen LogP contribution in [0.5, 0.6) is 0 Å². The van der Waals surface area contributed by atoms with Crippen LogP contribution in [0.1, 0.15) is 36.8 Å². The van der Waals surface area contributed by atoms with E-state index >= 15 is 0 Å². The molecule has 2 aliphatic rings. The number of nitrogens with one attached hydrogen (secondary N) is 1. The van der Waals surface area contributed by atoms with Gasteiger partial charge < -0.3 is 10.2 Å². The molecule has 1 heterocycles. The van der Waals surface area contributed by atoms with E-state index in [1.807, 2.05) is 4.90 Å². The molecule has 1 saturated carbocycles. The molecule has 2 fully saturated rings. The van der Waals surface area contributed by atoms with Crippen molar-refractivity contribution in [3.05, 3.63) is 35.4 Å². The van der Waals surface area contributed by atoms with Crippen LogP contribution in [0.3, 0.4) is 0 Å². The second kappa shape index (κ2) is 5.33. The van der Waals surface area contributed by atoms with Gasteiger partial charge in [-0.2, -0.15) is 0 Å². The summed E-state index contributed by atoms with van der Waals surface area (Å²) in [6.07, 6.45) is 4.59. The van der Waals surface area contributed by atoms with Crippen LogP contribution in [0.25, 0.3) is 0 Å². The summed E-state index contributed by atoms with van der Waals surface area (Å²) in [4.78, 5) is 14.5. The highest BCUT2D eigenvalue weighted by Crippen LogP contribution is 2.23. The largest absolute Gasteiger partial charge is 0.337 e. The first-order valence-corrected chi connectivity index (χ1v) is 7.33. The maximum absolute atomic E-state index is 12.4. The monoisotopic (exact) mass is 258 g/mol. The van der Waals surface area contributed by atoms with E-state index in [1.165, 1.54) is 24.0 Å². The van der Waals surface area contributed by atoms with Gasteiger partial charge in [-0.15, -0.1) is 0 Å². The first-order valence-electron chi connectivity index (χ1n) is 7.33. The van der Waals surface area contributed by atoms with Gasteiger partial charge in [0, 0.05) is 19.1 Å². The van der Waals surface area contributed by atoms with Crippen LogP contribution in [0.4, 0.5) is 0 Å². The Morgan fingerprint density at radius 1 is 1.32 bits per heavy atom. The molecule has 19 heavy (non-hydrogen) atoms. The van der Waals surface area contributed by atoms with Crippen molar-refractivity contribution in [1.82, 2.24) is 10.2 Å². The molecule has 1 unspecified atom stereocenters. The van der Waals surface area contributed by atoms with Gasteiger partial charge in [0.25, 0.3) is 0 Å². The summed E-state index contributed by atoms with van der Waals surface area (Å²) in [5.74, 6) is 0.291. The number of carbonyl (C=O) groups is 1. The molecule has 1 saturated heterocycles. The Balaban J connectivity index is 1.64. The van der Waals surface area contributed by atoms with E-state index in [4.69, 9.17) is 0 Å². The lowest BCUT2D eigenvalue weighted by Crippen LogP contribution is -2.50. The average molecular weight is 258 g/mol. The number of nitrogens with zero attached hydrogens (tertiary/aromatic N) is 1. The van der Waals surface area contributed by atoms with E-state index in [2.05, 4.69) is 36.5 Å². The number of carbonyl (C=O) groups excluding carboxylic acids is 1. The molecular formula is C16H22N2O. The van der Waals surface area contributed by atoms with Gasteiger partial charge in [0.15, 0.2) is 0 Å². The van der Waals surface area contributed by atoms with Gasteiger partial charge >= 0.3 is 0 Å². The van der Waals surface area contributed by atoms with Crippen molar-refractivity contribution in [2.75, 3.05) is 6.54 Å². The molecule has 3 heteroatoms. The zero-order valence-corrected chi connectivity index (χ0v) is 11.6. The molecule has 102 valence electrons. The number of rotatable bonds is 4. The van der Waals surface area contributed by atoms with Crippen molar-refractivity contribution in [3.63, 3.8) is 0 Å². The van der Waals surface area contributed by atoms with Gasteiger partial charge in [0.05, 0.1) is 6.04 Å². The first kappa shape index (κ1) is 12.7. The van der Waals surface area contributed by atoms with Crippen molar-refractivity contribution in [3.8, 4) is 0 Å². The second-order valence-electron chi connectivity index (χ2n) is 5.88. The smallest absolute Gasteiger partial charge is 0.240 e.